The molecule has 4 rings (SSSR count). The summed E-state index contributed by atoms with van der Waals surface area (Å²) in [6.45, 7) is 11.4. The summed E-state index contributed by atoms with van der Waals surface area (Å²) in [6, 6.07) is 24.2. The van der Waals surface area contributed by atoms with Crippen LogP contribution >= 0.6 is 0 Å². The van der Waals surface area contributed by atoms with E-state index >= 15 is 0 Å². The molecule has 2 nitrogen and oxygen atoms in total. The highest BCUT2D eigenvalue weighted by Crippen LogP contribution is 2.37. The van der Waals surface area contributed by atoms with Gasteiger partial charge in [0.25, 0.3) is 5.82 Å². The minimum Gasteiger partial charge on any atom is -0.230 e. The van der Waals surface area contributed by atoms with Crippen LogP contribution in [-0.4, -0.2) is 4.57 Å². The van der Waals surface area contributed by atoms with Crippen molar-refractivity contribution in [1.82, 2.24) is 4.57 Å². The summed E-state index contributed by atoms with van der Waals surface area (Å²) in [6.07, 6.45) is 0. The van der Waals surface area contributed by atoms with Gasteiger partial charge in [-0.1, -0.05) is 70.2 Å². The van der Waals surface area contributed by atoms with Gasteiger partial charge in [0.1, 0.15) is 5.69 Å². The van der Waals surface area contributed by atoms with Crippen LogP contribution in [0.3, 0.4) is 0 Å². The molecule has 0 fully saturated rings. The number of imidazole rings is 1. The summed E-state index contributed by atoms with van der Waals surface area (Å²) < 4.78 is 4.77. The van der Waals surface area contributed by atoms with Crippen LogP contribution in [0.1, 0.15) is 56.5 Å². The molecule has 0 aliphatic heterocycles. The largest absolute Gasteiger partial charge is 0.259 e. The van der Waals surface area contributed by atoms with E-state index in [2.05, 4.69) is 118 Å². The first-order valence-electron chi connectivity index (χ1n) is 10.6. The molecule has 4 aromatic rings. The topological polar surface area (TPSA) is 8.81 Å². The quantitative estimate of drug-likeness (QED) is 0.348. The first kappa shape index (κ1) is 19.4. The van der Waals surface area contributed by atoms with Gasteiger partial charge in [-0.05, 0) is 47.2 Å². The highest BCUT2D eigenvalue weighted by molar-refractivity contribution is 5.78. The normalized spacial score (nSPS) is 11.7. The van der Waals surface area contributed by atoms with E-state index in [-0.39, 0.29) is 0 Å². The van der Waals surface area contributed by atoms with Gasteiger partial charge in [0, 0.05) is 18.1 Å². The minimum atomic E-state index is 0.428. The van der Waals surface area contributed by atoms with E-state index in [4.69, 9.17) is 0 Å². The minimum absolute atomic E-state index is 0.428. The first-order valence-corrected chi connectivity index (χ1v) is 10.6. The highest BCUT2D eigenvalue weighted by atomic mass is 15.2. The van der Waals surface area contributed by atoms with Crippen LogP contribution in [0.25, 0.3) is 27.8 Å². The van der Waals surface area contributed by atoms with Crippen molar-refractivity contribution >= 4 is 11.0 Å². The summed E-state index contributed by atoms with van der Waals surface area (Å²) in [5, 5.41) is 0. The van der Waals surface area contributed by atoms with Crippen LogP contribution in [0.4, 0.5) is 0 Å². The first-order chi connectivity index (χ1) is 13.9. The van der Waals surface area contributed by atoms with E-state index < -0.39 is 0 Å². The monoisotopic (exact) mass is 383 g/mol. The second-order valence-corrected chi connectivity index (χ2v) is 8.61. The Hall–Kier alpha value is -2.87. The molecule has 2 heteroatoms. The molecule has 0 unspecified atom stereocenters. The molecule has 0 amide bonds. The molecule has 0 aliphatic rings. The second-order valence-electron chi connectivity index (χ2n) is 8.61. The molecule has 148 valence electrons. The van der Waals surface area contributed by atoms with E-state index in [9.17, 15) is 0 Å². The van der Waals surface area contributed by atoms with Gasteiger partial charge in [-0.2, -0.15) is 4.57 Å². The van der Waals surface area contributed by atoms with Crippen LogP contribution in [0, 0.1) is 6.92 Å². The number of para-hydroxylation sites is 2. The van der Waals surface area contributed by atoms with Crippen molar-refractivity contribution in [1.29, 1.82) is 0 Å². The summed E-state index contributed by atoms with van der Waals surface area (Å²) in [4.78, 5) is 0. The number of nitrogens with zero attached hydrogens (tertiary/aromatic N) is 2. The third-order valence-electron chi connectivity index (χ3n) is 6.04. The van der Waals surface area contributed by atoms with Crippen molar-refractivity contribution in [2.75, 3.05) is 0 Å². The molecule has 3 aromatic carbocycles. The summed E-state index contributed by atoms with van der Waals surface area (Å²) in [5.74, 6) is 2.11. The lowest BCUT2D eigenvalue weighted by molar-refractivity contribution is -0.652. The summed E-state index contributed by atoms with van der Waals surface area (Å²) in [7, 11) is 2.16. The Kier molecular flexibility index (Phi) is 5.04. The van der Waals surface area contributed by atoms with Gasteiger partial charge >= 0.3 is 0 Å². The number of hydrogen-bond acceptors (Lipinski definition) is 0. The van der Waals surface area contributed by atoms with Crippen molar-refractivity contribution in [3.63, 3.8) is 0 Å². The van der Waals surface area contributed by atoms with E-state index in [0.29, 0.717) is 11.8 Å². The SMILES string of the molecule is Cc1n(-c2c(C(C)C)cc(-c3ccccc3)cc2C(C)C)c2ccccc2[n+]1C. The molecular formula is C27H31N2+. The predicted molar refractivity (Wildman–Crippen MR) is 123 cm³/mol. The maximum absolute atomic E-state index is 2.47. The fraction of sp³-hybridized carbons (Fsp3) is 0.296. The Balaban J connectivity index is 2.10. The lowest BCUT2D eigenvalue weighted by Crippen LogP contribution is -2.31. The van der Waals surface area contributed by atoms with Crippen molar-refractivity contribution in [2.24, 2.45) is 7.05 Å². The zero-order valence-corrected chi connectivity index (χ0v) is 18.4. The number of fused-ring (bicyclic) bond motifs is 1. The average Bonchev–Trinajstić information content (AvgIpc) is 2.98. The molecule has 0 saturated carbocycles. The number of hydrogen-bond donors (Lipinski definition) is 0. The lowest BCUT2D eigenvalue weighted by atomic mass is 9.88. The van der Waals surface area contributed by atoms with Crippen molar-refractivity contribution in [3.05, 3.63) is 83.7 Å². The molecule has 29 heavy (non-hydrogen) atoms. The van der Waals surface area contributed by atoms with Gasteiger partial charge < -0.3 is 0 Å². The number of aromatic nitrogens is 2. The smallest absolute Gasteiger partial charge is 0.230 e. The summed E-state index contributed by atoms with van der Waals surface area (Å²) >= 11 is 0. The molecule has 1 aromatic heterocycles. The fourth-order valence-corrected chi connectivity index (χ4v) is 4.33. The van der Waals surface area contributed by atoms with Gasteiger partial charge in [0.15, 0.2) is 11.0 Å². The van der Waals surface area contributed by atoms with Gasteiger partial charge in [0.05, 0.1) is 7.05 Å². The average molecular weight is 384 g/mol. The zero-order valence-electron chi connectivity index (χ0n) is 18.4. The number of aryl methyl sites for hydroxylation is 1. The van der Waals surface area contributed by atoms with Crippen molar-refractivity contribution < 1.29 is 4.57 Å². The van der Waals surface area contributed by atoms with Crippen LogP contribution in [0.5, 0.6) is 0 Å². The molecule has 0 spiro atoms. The number of rotatable bonds is 4. The van der Waals surface area contributed by atoms with Gasteiger partial charge in [-0.25, -0.2) is 4.57 Å². The maximum Gasteiger partial charge on any atom is 0.259 e. The molecule has 1 heterocycles. The van der Waals surface area contributed by atoms with Crippen LogP contribution < -0.4 is 4.57 Å². The molecule has 0 bridgehead atoms. The molecule has 0 radical (unpaired) electrons. The third-order valence-corrected chi connectivity index (χ3v) is 6.04. The van der Waals surface area contributed by atoms with E-state index in [1.165, 1.54) is 44.8 Å². The van der Waals surface area contributed by atoms with E-state index in [1.54, 1.807) is 0 Å². The predicted octanol–water partition coefficient (Wildman–Crippen LogP) is 6.68. The molecular weight excluding hydrogens is 352 g/mol. The van der Waals surface area contributed by atoms with E-state index in [1.807, 2.05) is 0 Å². The Morgan fingerprint density at radius 3 is 1.86 bits per heavy atom. The maximum atomic E-state index is 2.47. The lowest BCUT2D eigenvalue weighted by Gasteiger charge is -2.20. The zero-order chi connectivity index (χ0) is 20.7. The Morgan fingerprint density at radius 1 is 0.724 bits per heavy atom. The van der Waals surface area contributed by atoms with Crippen LogP contribution in [-0.2, 0) is 7.05 Å². The Bertz CT molecular complexity index is 1140. The number of benzene rings is 3. The molecule has 0 N–H and O–H groups in total. The molecule has 0 aliphatic carbocycles. The summed E-state index contributed by atoms with van der Waals surface area (Å²) in [5.41, 5.74) is 9.27. The third kappa shape index (κ3) is 3.27. The van der Waals surface area contributed by atoms with E-state index in [0.717, 1.165) is 0 Å². The van der Waals surface area contributed by atoms with Crippen LogP contribution in [0.15, 0.2) is 66.7 Å². The van der Waals surface area contributed by atoms with Gasteiger partial charge in [-0.3, -0.25) is 0 Å². The van der Waals surface area contributed by atoms with Crippen LogP contribution in [0.2, 0.25) is 0 Å². The molecule has 0 atom stereocenters. The Labute approximate surface area is 174 Å². The standard InChI is InChI=1S/C27H31N2/c1-18(2)23-16-22(21-12-8-7-9-13-21)17-24(19(3)4)27(23)29-20(5)28(6)25-14-10-11-15-26(25)29/h7-19H,1-6H3/q+1. The fourth-order valence-electron chi connectivity index (χ4n) is 4.33. The molecule has 0 saturated heterocycles. The van der Waals surface area contributed by atoms with Gasteiger partial charge in [0.2, 0.25) is 0 Å². The van der Waals surface area contributed by atoms with Gasteiger partial charge in [-0.15, -0.1) is 0 Å². The second kappa shape index (κ2) is 7.51. The highest BCUT2D eigenvalue weighted by Gasteiger charge is 2.27. The van der Waals surface area contributed by atoms with Crippen molar-refractivity contribution in [2.45, 2.75) is 46.5 Å². The Morgan fingerprint density at radius 2 is 1.28 bits per heavy atom. The van der Waals surface area contributed by atoms with Crippen molar-refractivity contribution in [3.8, 4) is 16.8 Å².